The summed E-state index contributed by atoms with van der Waals surface area (Å²) in [6.07, 6.45) is -2.45. The van der Waals surface area contributed by atoms with E-state index in [1.807, 2.05) is 20.8 Å². The molecule has 0 aromatic heterocycles. The molecule has 2 atom stereocenters. The summed E-state index contributed by atoms with van der Waals surface area (Å²) in [5, 5.41) is 13.7. The summed E-state index contributed by atoms with van der Waals surface area (Å²) < 4.78 is 81.7. The highest BCUT2D eigenvalue weighted by atomic mass is 32.2. The second-order valence-corrected chi connectivity index (χ2v) is 12.7. The molecule has 10 heteroatoms. The normalized spacial score (nSPS) is 14.6. The highest BCUT2D eigenvalue weighted by molar-refractivity contribution is 7.89. The molecule has 38 heavy (non-hydrogen) atoms. The minimum Gasteiger partial charge on any atom is -0.390 e. The third-order valence-corrected chi connectivity index (χ3v) is 8.55. The number of benzene rings is 2. The Kier molecular flexibility index (Phi) is 11.3. The van der Waals surface area contributed by atoms with Crippen LogP contribution in [0.15, 0.2) is 47.4 Å². The van der Waals surface area contributed by atoms with Gasteiger partial charge in [0.1, 0.15) is 5.82 Å². The lowest BCUT2D eigenvalue weighted by molar-refractivity contribution is -0.137. The van der Waals surface area contributed by atoms with Gasteiger partial charge in [0.2, 0.25) is 10.0 Å². The summed E-state index contributed by atoms with van der Waals surface area (Å²) in [5.41, 5.74) is -0.469. The van der Waals surface area contributed by atoms with Crippen LogP contribution in [-0.4, -0.2) is 49.6 Å². The maximum Gasteiger partial charge on any atom is 0.416 e. The van der Waals surface area contributed by atoms with Crippen LogP contribution in [0.1, 0.15) is 76.0 Å². The van der Waals surface area contributed by atoms with Crippen molar-refractivity contribution in [2.24, 2.45) is 0 Å². The number of aliphatic hydroxyl groups excluding tert-OH is 1. The van der Waals surface area contributed by atoms with Crippen molar-refractivity contribution in [2.45, 2.75) is 88.4 Å². The number of alkyl halides is 3. The number of hydrogen-bond acceptors (Lipinski definition) is 4. The van der Waals surface area contributed by atoms with Crippen LogP contribution in [0.2, 0.25) is 0 Å². The topological polar surface area (TPSA) is 69.6 Å². The van der Waals surface area contributed by atoms with Gasteiger partial charge in [0.15, 0.2) is 0 Å². The molecule has 0 aliphatic rings. The van der Waals surface area contributed by atoms with Crippen molar-refractivity contribution in [1.29, 1.82) is 0 Å². The van der Waals surface area contributed by atoms with Crippen molar-refractivity contribution in [1.82, 2.24) is 9.62 Å². The maximum absolute atomic E-state index is 13.8. The van der Waals surface area contributed by atoms with Gasteiger partial charge >= 0.3 is 6.18 Å². The summed E-state index contributed by atoms with van der Waals surface area (Å²) in [6, 6.07) is 9.55. The van der Waals surface area contributed by atoms with Gasteiger partial charge < -0.3 is 10.4 Å². The van der Waals surface area contributed by atoms with E-state index in [0.717, 1.165) is 16.8 Å². The molecule has 0 spiro atoms. The van der Waals surface area contributed by atoms with E-state index in [1.54, 1.807) is 25.1 Å². The first-order valence-electron chi connectivity index (χ1n) is 12.9. The van der Waals surface area contributed by atoms with E-state index in [0.29, 0.717) is 42.9 Å². The Hall–Kier alpha value is -2.01. The number of rotatable bonds is 14. The first-order chi connectivity index (χ1) is 17.6. The molecule has 2 N–H and O–H groups in total. The average Bonchev–Trinajstić information content (AvgIpc) is 2.83. The largest absolute Gasteiger partial charge is 0.416 e. The van der Waals surface area contributed by atoms with Crippen LogP contribution in [0.4, 0.5) is 17.6 Å². The standard InChI is InChI=1S/C28H40F4N2O3S/c1-6-10-20(2)22-15-23(28(30,31)32)17-25(16-22)38(36,37)34(5)19-24(35)18-33-27(3,4)14-9-12-21-11-7-8-13-26(21)29/h7-8,11,13,15-17,20,24,33,35H,6,9-10,12,14,18-19H2,1-5H3/t20?,24-/m1/s1. The van der Waals surface area contributed by atoms with Crippen molar-refractivity contribution in [3.63, 3.8) is 0 Å². The lowest BCUT2D eigenvalue weighted by Crippen LogP contribution is -2.46. The third kappa shape index (κ3) is 9.32. The first-order valence-corrected chi connectivity index (χ1v) is 14.4. The molecule has 0 radical (unpaired) electrons. The van der Waals surface area contributed by atoms with Crippen LogP contribution in [0.25, 0.3) is 0 Å². The van der Waals surface area contributed by atoms with Gasteiger partial charge in [-0.15, -0.1) is 0 Å². The monoisotopic (exact) mass is 560 g/mol. The van der Waals surface area contributed by atoms with Gasteiger partial charge in [0, 0.05) is 25.7 Å². The predicted octanol–water partition coefficient (Wildman–Crippen LogP) is 6.12. The Morgan fingerprint density at radius 3 is 2.37 bits per heavy atom. The van der Waals surface area contributed by atoms with Crippen molar-refractivity contribution < 1.29 is 31.1 Å². The minimum atomic E-state index is -4.69. The number of aliphatic hydroxyl groups is 1. The zero-order valence-electron chi connectivity index (χ0n) is 22.8. The number of sulfonamides is 1. The molecule has 2 aromatic rings. The van der Waals surface area contributed by atoms with E-state index in [1.165, 1.54) is 19.2 Å². The number of likely N-dealkylation sites (N-methyl/N-ethyl adjacent to an activating group) is 1. The van der Waals surface area contributed by atoms with Gasteiger partial charge in [-0.05, 0) is 80.8 Å². The molecule has 214 valence electrons. The number of halogens is 4. The van der Waals surface area contributed by atoms with Crippen LogP contribution < -0.4 is 5.32 Å². The van der Waals surface area contributed by atoms with Crippen LogP contribution in [0, 0.1) is 5.82 Å². The molecule has 2 rings (SSSR count). The fraction of sp³-hybridized carbons (Fsp3) is 0.571. The van der Waals surface area contributed by atoms with Crippen molar-refractivity contribution in [3.05, 3.63) is 65.0 Å². The second-order valence-electron chi connectivity index (χ2n) is 10.6. The second kappa shape index (κ2) is 13.4. The van der Waals surface area contributed by atoms with Gasteiger partial charge in [0.05, 0.1) is 16.6 Å². The zero-order valence-corrected chi connectivity index (χ0v) is 23.6. The summed E-state index contributed by atoms with van der Waals surface area (Å²) in [4.78, 5) is -0.443. The number of hydrogen-bond donors (Lipinski definition) is 2. The lowest BCUT2D eigenvalue weighted by atomic mass is 9.95. The van der Waals surface area contributed by atoms with E-state index >= 15 is 0 Å². The molecule has 0 saturated carbocycles. The molecule has 0 saturated heterocycles. The van der Waals surface area contributed by atoms with Gasteiger partial charge in [-0.3, -0.25) is 0 Å². The Balaban J connectivity index is 2.03. The SMILES string of the molecule is CCCC(C)c1cc(C(F)(F)F)cc(S(=O)(=O)N(C)C[C@H](O)CNC(C)(C)CCCc2ccccc2F)c1. The number of β-amino-alcohol motifs (C(OH)–C–C–N with tert-alkyl or cyclic N) is 1. The molecule has 0 aliphatic carbocycles. The van der Waals surface area contributed by atoms with E-state index in [4.69, 9.17) is 0 Å². The molecular formula is C28H40F4N2O3S. The van der Waals surface area contributed by atoms with Crippen LogP contribution in [0.3, 0.4) is 0 Å². The quantitative estimate of drug-likeness (QED) is 0.273. The fourth-order valence-corrected chi connectivity index (χ4v) is 5.65. The lowest BCUT2D eigenvalue weighted by Gasteiger charge is -2.29. The fourth-order valence-electron chi connectivity index (χ4n) is 4.36. The summed E-state index contributed by atoms with van der Waals surface area (Å²) >= 11 is 0. The number of nitrogens with zero attached hydrogens (tertiary/aromatic N) is 1. The summed E-state index contributed by atoms with van der Waals surface area (Å²) in [5.74, 6) is -0.484. The zero-order chi connectivity index (χ0) is 28.7. The smallest absolute Gasteiger partial charge is 0.390 e. The number of aryl methyl sites for hydroxylation is 1. The van der Waals surface area contributed by atoms with Crippen LogP contribution in [0.5, 0.6) is 0 Å². The molecular weight excluding hydrogens is 520 g/mol. The third-order valence-electron chi connectivity index (χ3n) is 6.74. The Labute approximate surface area is 224 Å². The Morgan fingerprint density at radius 1 is 1.11 bits per heavy atom. The van der Waals surface area contributed by atoms with Crippen molar-refractivity contribution in [2.75, 3.05) is 20.1 Å². The highest BCUT2D eigenvalue weighted by Crippen LogP contribution is 2.35. The molecule has 0 heterocycles. The van der Waals surface area contributed by atoms with E-state index < -0.39 is 38.3 Å². The summed E-state index contributed by atoms with van der Waals surface area (Å²) in [7, 11) is -3.04. The van der Waals surface area contributed by atoms with Gasteiger partial charge in [-0.2, -0.15) is 17.5 Å². The van der Waals surface area contributed by atoms with Crippen LogP contribution >= 0.6 is 0 Å². The molecule has 0 aliphatic heterocycles. The molecule has 1 unspecified atom stereocenters. The molecule has 0 amide bonds. The Morgan fingerprint density at radius 2 is 1.76 bits per heavy atom. The van der Waals surface area contributed by atoms with Crippen molar-refractivity contribution in [3.8, 4) is 0 Å². The summed E-state index contributed by atoms with van der Waals surface area (Å²) in [6.45, 7) is 7.33. The molecule has 5 nitrogen and oxygen atoms in total. The Bertz CT molecular complexity index is 1150. The average molecular weight is 561 g/mol. The predicted molar refractivity (Wildman–Crippen MR) is 142 cm³/mol. The van der Waals surface area contributed by atoms with Gasteiger partial charge in [-0.1, -0.05) is 38.5 Å². The van der Waals surface area contributed by atoms with Gasteiger partial charge in [0.25, 0.3) is 0 Å². The highest BCUT2D eigenvalue weighted by Gasteiger charge is 2.34. The first kappa shape index (κ1) is 32.2. The van der Waals surface area contributed by atoms with E-state index in [-0.39, 0.29) is 24.8 Å². The number of nitrogens with one attached hydrogen (secondary N) is 1. The molecule has 0 fully saturated rings. The molecule has 0 bridgehead atoms. The molecule has 2 aromatic carbocycles. The minimum absolute atomic E-state index is 0.0773. The van der Waals surface area contributed by atoms with E-state index in [2.05, 4.69) is 5.32 Å². The van der Waals surface area contributed by atoms with Crippen molar-refractivity contribution >= 4 is 10.0 Å². The maximum atomic E-state index is 13.8. The van der Waals surface area contributed by atoms with Gasteiger partial charge in [-0.25, -0.2) is 12.8 Å². The van der Waals surface area contributed by atoms with Crippen LogP contribution in [-0.2, 0) is 22.6 Å². The van der Waals surface area contributed by atoms with E-state index in [9.17, 15) is 31.1 Å².